The standard InChI is InChI=1S/C19H21N3O5/c23-19(7-13-2-3-15-16(6-13)27-12-26-15)21-8-17-18(9-21)25-11-14(10-24-17)22-5-1-4-20-22/h1-6,14,17-18H,7-12H2/t17-,18-/m0/s1. The van der Waals surface area contributed by atoms with E-state index in [1.54, 1.807) is 6.20 Å². The molecule has 0 aliphatic carbocycles. The van der Waals surface area contributed by atoms with Crippen molar-refractivity contribution >= 4 is 5.91 Å². The monoisotopic (exact) mass is 371 g/mol. The SMILES string of the molecule is O=C(Cc1ccc2c(c1)OCO2)N1C[C@@H]2OCC(n3cccn3)CO[C@H]2C1. The summed E-state index contributed by atoms with van der Waals surface area (Å²) in [6.07, 6.45) is 3.81. The van der Waals surface area contributed by atoms with E-state index in [4.69, 9.17) is 18.9 Å². The molecular weight excluding hydrogens is 350 g/mol. The van der Waals surface area contributed by atoms with Gasteiger partial charge in [-0.15, -0.1) is 0 Å². The van der Waals surface area contributed by atoms with Gasteiger partial charge in [0.1, 0.15) is 12.2 Å². The smallest absolute Gasteiger partial charge is 0.231 e. The molecule has 8 nitrogen and oxygen atoms in total. The molecule has 3 aliphatic rings. The van der Waals surface area contributed by atoms with Gasteiger partial charge in [-0.2, -0.15) is 5.10 Å². The van der Waals surface area contributed by atoms with Gasteiger partial charge >= 0.3 is 0 Å². The number of likely N-dealkylation sites (tertiary alicyclic amines) is 1. The average Bonchev–Trinajstić information content (AvgIpc) is 3.41. The largest absolute Gasteiger partial charge is 0.454 e. The lowest BCUT2D eigenvalue weighted by Gasteiger charge is -2.19. The van der Waals surface area contributed by atoms with E-state index in [-0.39, 0.29) is 30.9 Å². The molecule has 0 saturated carbocycles. The maximum Gasteiger partial charge on any atom is 0.231 e. The van der Waals surface area contributed by atoms with E-state index in [9.17, 15) is 4.79 Å². The first-order valence-corrected chi connectivity index (χ1v) is 9.15. The Morgan fingerprint density at radius 1 is 1.11 bits per heavy atom. The van der Waals surface area contributed by atoms with Crippen molar-refractivity contribution < 1.29 is 23.7 Å². The van der Waals surface area contributed by atoms with Crippen LogP contribution in [0.15, 0.2) is 36.7 Å². The minimum atomic E-state index is -0.0914. The predicted octanol–water partition coefficient (Wildman–Crippen LogP) is 1.02. The van der Waals surface area contributed by atoms with Gasteiger partial charge in [0.2, 0.25) is 12.7 Å². The molecule has 2 fully saturated rings. The van der Waals surface area contributed by atoms with Crippen LogP contribution in [0.1, 0.15) is 11.6 Å². The topological polar surface area (TPSA) is 75.0 Å². The number of carbonyl (C=O) groups excluding carboxylic acids is 1. The number of benzene rings is 1. The second kappa shape index (κ2) is 6.86. The molecule has 0 bridgehead atoms. The minimum absolute atomic E-state index is 0.0674. The molecule has 5 rings (SSSR count). The van der Waals surface area contributed by atoms with Gasteiger partial charge in [0, 0.05) is 25.5 Å². The molecule has 2 saturated heterocycles. The molecule has 0 spiro atoms. The second-order valence-corrected chi connectivity index (χ2v) is 7.05. The van der Waals surface area contributed by atoms with Crippen LogP contribution in [0, 0.1) is 0 Å². The van der Waals surface area contributed by atoms with Gasteiger partial charge in [-0.1, -0.05) is 6.07 Å². The highest BCUT2D eigenvalue weighted by Gasteiger charge is 2.39. The first-order chi connectivity index (χ1) is 13.3. The zero-order chi connectivity index (χ0) is 18.2. The van der Waals surface area contributed by atoms with Gasteiger partial charge in [-0.25, -0.2) is 0 Å². The number of nitrogens with zero attached hydrogens (tertiary/aromatic N) is 3. The Hall–Kier alpha value is -2.58. The molecule has 2 atom stereocenters. The fraction of sp³-hybridized carbons (Fsp3) is 0.474. The number of aromatic nitrogens is 2. The van der Waals surface area contributed by atoms with Crippen LogP contribution in [0.2, 0.25) is 0 Å². The van der Waals surface area contributed by atoms with Gasteiger partial charge in [0.05, 0.1) is 25.7 Å². The van der Waals surface area contributed by atoms with Crippen molar-refractivity contribution in [2.45, 2.75) is 24.7 Å². The highest BCUT2D eigenvalue weighted by Crippen LogP contribution is 2.33. The van der Waals surface area contributed by atoms with Gasteiger partial charge in [-0.05, 0) is 23.8 Å². The molecule has 0 N–H and O–H groups in total. The van der Waals surface area contributed by atoms with E-state index in [0.29, 0.717) is 38.5 Å². The summed E-state index contributed by atoms with van der Waals surface area (Å²) >= 11 is 0. The summed E-state index contributed by atoms with van der Waals surface area (Å²) in [5, 5.41) is 4.26. The predicted molar refractivity (Wildman–Crippen MR) is 93.6 cm³/mol. The average molecular weight is 371 g/mol. The Morgan fingerprint density at radius 2 is 1.89 bits per heavy atom. The summed E-state index contributed by atoms with van der Waals surface area (Å²) in [5.74, 6) is 1.49. The lowest BCUT2D eigenvalue weighted by molar-refractivity contribution is -0.130. The van der Waals surface area contributed by atoms with Crippen LogP contribution in [0.5, 0.6) is 11.5 Å². The molecule has 1 amide bonds. The molecule has 27 heavy (non-hydrogen) atoms. The minimum Gasteiger partial charge on any atom is -0.454 e. The summed E-state index contributed by atoms with van der Waals surface area (Å²) in [6.45, 7) is 2.41. The van der Waals surface area contributed by atoms with Crippen molar-refractivity contribution in [1.29, 1.82) is 0 Å². The maximum atomic E-state index is 12.7. The molecule has 2 aromatic rings. The highest BCUT2D eigenvalue weighted by atomic mass is 16.7. The maximum absolute atomic E-state index is 12.7. The van der Waals surface area contributed by atoms with Gasteiger partial charge in [-0.3, -0.25) is 9.48 Å². The van der Waals surface area contributed by atoms with Crippen LogP contribution in [0.25, 0.3) is 0 Å². The zero-order valence-corrected chi connectivity index (χ0v) is 14.8. The van der Waals surface area contributed by atoms with E-state index in [1.165, 1.54) is 0 Å². The third-order valence-electron chi connectivity index (χ3n) is 5.26. The summed E-state index contributed by atoms with van der Waals surface area (Å²) in [6, 6.07) is 7.59. The van der Waals surface area contributed by atoms with Gasteiger partial charge in [0.25, 0.3) is 0 Å². The van der Waals surface area contributed by atoms with Crippen LogP contribution in [-0.2, 0) is 20.7 Å². The quantitative estimate of drug-likeness (QED) is 0.802. The molecule has 8 heteroatoms. The van der Waals surface area contributed by atoms with Crippen molar-refractivity contribution in [2.24, 2.45) is 0 Å². The summed E-state index contributed by atoms with van der Waals surface area (Å²) in [7, 11) is 0. The molecule has 4 heterocycles. The van der Waals surface area contributed by atoms with Crippen LogP contribution in [-0.4, -0.2) is 65.9 Å². The number of amides is 1. The first-order valence-electron chi connectivity index (χ1n) is 9.15. The Bertz CT molecular complexity index is 809. The van der Waals surface area contributed by atoms with Crippen molar-refractivity contribution in [3.05, 3.63) is 42.2 Å². The Labute approximate surface area is 156 Å². The third-order valence-corrected chi connectivity index (χ3v) is 5.26. The Balaban J connectivity index is 1.19. The molecule has 142 valence electrons. The zero-order valence-electron chi connectivity index (χ0n) is 14.8. The summed E-state index contributed by atoms with van der Waals surface area (Å²) in [4.78, 5) is 14.6. The lowest BCUT2D eigenvalue weighted by atomic mass is 10.1. The van der Waals surface area contributed by atoms with Crippen LogP contribution >= 0.6 is 0 Å². The molecule has 3 aliphatic heterocycles. The molecular formula is C19H21N3O5. The summed E-state index contributed by atoms with van der Waals surface area (Å²) in [5.41, 5.74) is 0.914. The van der Waals surface area contributed by atoms with Crippen molar-refractivity contribution in [3.8, 4) is 11.5 Å². The van der Waals surface area contributed by atoms with Crippen molar-refractivity contribution in [1.82, 2.24) is 14.7 Å². The van der Waals surface area contributed by atoms with Gasteiger partial charge < -0.3 is 23.8 Å². The van der Waals surface area contributed by atoms with E-state index >= 15 is 0 Å². The van der Waals surface area contributed by atoms with Gasteiger partial charge in [0.15, 0.2) is 11.5 Å². The molecule has 0 unspecified atom stereocenters. The van der Waals surface area contributed by atoms with Crippen LogP contribution in [0.3, 0.4) is 0 Å². The number of hydrogen-bond donors (Lipinski definition) is 0. The Kier molecular flexibility index (Phi) is 4.21. The number of hydrogen-bond acceptors (Lipinski definition) is 6. The molecule has 1 aromatic heterocycles. The molecule has 0 radical (unpaired) electrons. The summed E-state index contributed by atoms with van der Waals surface area (Å²) < 4.78 is 24.6. The van der Waals surface area contributed by atoms with E-state index in [2.05, 4.69) is 5.10 Å². The normalized spacial score (nSPS) is 24.7. The highest BCUT2D eigenvalue weighted by molar-refractivity contribution is 5.79. The van der Waals surface area contributed by atoms with Crippen molar-refractivity contribution in [2.75, 3.05) is 33.1 Å². The number of ether oxygens (including phenoxy) is 4. The molecule has 1 aromatic carbocycles. The fourth-order valence-electron chi connectivity index (χ4n) is 3.77. The second-order valence-electron chi connectivity index (χ2n) is 7.05. The van der Waals surface area contributed by atoms with Crippen LogP contribution < -0.4 is 9.47 Å². The van der Waals surface area contributed by atoms with E-state index in [1.807, 2.05) is 40.0 Å². The Morgan fingerprint density at radius 3 is 2.63 bits per heavy atom. The van der Waals surface area contributed by atoms with Crippen LogP contribution in [0.4, 0.5) is 0 Å². The van der Waals surface area contributed by atoms with E-state index in [0.717, 1.165) is 11.3 Å². The number of carbonyl (C=O) groups is 1. The van der Waals surface area contributed by atoms with Crippen molar-refractivity contribution in [3.63, 3.8) is 0 Å². The number of fused-ring (bicyclic) bond motifs is 2. The van der Waals surface area contributed by atoms with E-state index < -0.39 is 0 Å². The fourth-order valence-corrected chi connectivity index (χ4v) is 3.77. The number of rotatable bonds is 3. The lowest BCUT2D eigenvalue weighted by Crippen LogP contribution is -2.32. The first kappa shape index (κ1) is 16.6. The third kappa shape index (κ3) is 3.26.